The molecule has 1 aliphatic rings. The van der Waals surface area contributed by atoms with Crippen molar-refractivity contribution in [2.75, 3.05) is 10.2 Å². The molecule has 1 unspecified atom stereocenters. The molecule has 90 valence electrons. The predicted octanol–water partition coefficient (Wildman–Crippen LogP) is 0.829. The molecule has 2 aromatic rings. The number of nitrogens with zero attached hydrogens (tertiary/aromatic N) is 4. The minimum atomic E-state index is -0.398. The molecule has 0 radical (unpaired) electrons. The molecule has 0 amide bonds. The van der Waals surface area contributed by atoms with Gasteiger partial charge in [-0.15, -0.1) is 0 Å². The van der Waals surface area contributed by atoms with Crippen LogP contribution < -0.4 is 10.2 Å². The lowest BCUT2D eigenvalue weighted by Gasteiger charge is -2.21. The maximum Gasteiger partial charge on any atom is 0.162 e. The summed E-state index contributed by atoms with van der Waals surface area (Å²) in [5, 5.41) is 3.07. The maximum atomic E-state index is 11.1. The van der Waals surface area contributed by atoms with Crippen LogP contribution >= 0.6 is 0 Å². The highest BCUT2D eigenvalue weighted by Gasteiger charge is 2.29. The molecule has 0 spiro atoms. The quantitative estimate of drug-likeness (QED) is 0.802. The van der Waals surface area contributed by atoms with Crippen LogP contribution in [0.4, 0.5) is 11.5 Å². The summed E-state index contributed by atoms with van der Waals surface area (Å²) < 4.78 is 0. The Kier molecular flexibility index (Phi) is 2.60. The number of aldehydes is 1. The lowest BCUT2D eigenvalue weighted by atomic mass is 10.2. The lowest BCUT2D eigenvalue weighted by molar-refractivity contribution is -0.108. The first-order valence-corrected chi connectivity index (χ1v) is 5.56. The molecular weight excluding hydrogens is 230 g/mol. The van der Waals surface area contributed by atoms with Crippen molar-refractivity contribution in [2.45, 2.75) is 12.7 Å². The molecule has 6 heteroatoms. The molecule has 18 heavy (non-hydrogen) atoms. The summed E-state index contributed by atoms with van der Waals surface area (Å²) in [6.07, 6.45) is 7.08. The van der Waals surface area contributed by atoms with Crippen molar-refractivity contribution in [3.63, 3.8) is 0 Å². The molecule has 1 N–H and O–H groups in total. The summed E-state index contributed by atoms with van der Waals surface area (Å²) >= 11 is 0. The summed E-state index contributed by atoms with van der Waals surface area (Å²) in [6, 6.07) is 3.84. The van der Waals surface area contributed by atoms with E-state index in [0.29, 0.717) is 6.54 Å². The fourth-order valence-electron chi connectivity index (χ4n) is 1.99. The molecular formula is C12H11N5O. The van der Waals surface area contributed by atoms with Crippen LogP contribution in [0.15, 0.2) is 37.1 Å². The molecule has 0 aromatic carbocycles. The number of fused-ring (bicyclic) bond motifs is 1. The van der Waals surface area contributed by atoms with Crippen molar-refractivity contribution in [2.24, 2.45) is 0 Å². The molecule has 0 bridgehead atoms. The first kappa shape index (κ1) is 10.6. The maximum absolute atomic E-state index is 11.1. The zero-order valence-corrected chi connectivity index (χ0v) is 9.52. The number of aromatic nitrogens is 3. The Labute approximate surface area is 104 Å². The van der Waals surface area contributed by atoms with Gasteiger partial charge in [-0.2, -0.15) is 0 Å². The van der Waals surface area contributed by atoms with E-state index in [-0.39, 0.29) is 0 Å². The van der Waals surface area contributed by atoms with Crippen molar-refractivity contribution >= 4 is 17.8 Å². The van der Waals surface area contributed by atoms with Crippen molar-refractivity contribution in [1.82, 2.24) is 15.0 Å². The molecule has 3 heterocycles. The Hall–Kier alpha value is -2.50. The zero-order chi connectivity index (χ0) is 12.4. The minimum Gasteiger partial charge on any atom is -0.355 e. The fraction of sp³-hybridized carbons (Fsp3) is 0.167. The Bertz CT molecular complexity index is 559. The van der Waals surface area contributed by atoms with E-state index in [9.17, 15) is 4.79 Å². The van der Waals surface area contributed by atoms with E-state index in [2.05, 4.69) is 20.3 Å². The number of rotatable bonds is 3. The largest absolute Gasteiger partial charge is 0.355 e. The van der Waals surface area contributed by atoms with Crippen LogP contribution in [0, 0.1) is 0 Å². The van der Waals surface area contributed by atoms with Crippen molar-refractivity contribution in [1.29, 1.82) is 0 Å². The second-order valence-corrected chi connectivity index (χ2v) is 3.97. The lowest BCUT2D eigenvalue weighted by Crippen LogP contribution is -2.36. The molecule has 2 aromatic heterocycles. The van der Waals surface area contributed by atoms with Crippen molar-refractivity contribution in [3.05, 3.63) is 42.6 Å². The van der Waals surface area contributed by atoms with Gasteiger partial charge in [0.2, 0.25) is 0 Å². The molecule has 3 rings (SSSR count). The van der Waals surface area contributed by atoms with E-state index in [1.165, 1.54) is 6.33 Å². The second kappa shape index (κ2) is 4.40. The van der Waals surface area contributed by atoms with Gasteiger partial charge in [-0.05, 0) is 17.7 Å². The van der Waals surface area contributed by atoms with Gasteiger partial charge in [0.25, 0.3) is 0 Å². The number of nitrogens with one attached hydrogen (secondary N) is 1. The molecule has 6 nitrogen and oxygen atoms in total. The summed E-state index contributed by atoms with van der Waals surface area (Å²) in [4.78, 5) is 25.1. The van der Waals surface area contributed by atoms with E-state index in [0.717, 1.165) is 23.4 Å². The van der Waals surface area contributed by atoms with Gasteiger partial charge in [-0.1, -0.05) is 0 Å². The van der Waals surface area contributed by atoms with Crippen LogP contribution in [0.1, 0.15) is 5.56 Å². The van der Waals surface area contributed by atoms with Gasteiger partial charge in [-0.3, -0.25) is 9.78 Å². The van der Waals surface area contributed by atoms with Gasteiger partial charge >= 0.3 is 0 Å². The van der Waals surface area contributed by atoms with Gasteiger partial charge in [0.05, 0.1) is 11.9 Å². The third kappa shape index (κ3) is 1.77. The average Bonchev–Trinajstić information content (AvgIpc) is 2.78. The van der Waals surface area contributed by atoms with Crippen molar-refractivity contribution in [3.8, 4) is 0 Å². The van der Waals surface area contributed by atoms with E-state index in [4.69, 9.17) is 0 Å². The van der Waals surface area contributed by atoms with Gasteiger partial charge in [0.1, 0.15) is 6.33 Å². The summed E-state index contributed by atoms with van der Waals surface area (Å²) in [7, 11) is 0. The highest BCUT2D eigenvalue weighted by Crippen LogP contribution is 2.31. The van der Waals surface area contributed by atoms with Crippen molar-refractivity contribution < 1.29 is 4.79 Å². The van der Waals surface area contributed by atoms with Gasteiger partial charge in [0.15, 0.2) is 18.3 Å². The SMILES string of the molecule is O=CC1Nc2cncnc2N1Cc1ccncc1. The number of hydrogen-bond donors (Lipinski definition) is 1. The topological polar surface area (TPSA) is 71.0 Å². The smallest absolute Gasteiger partial charge is 0.162 e. The number of pyridine rings is 1. The third-order valence-corrected chi connectivity index (χ3v) is 2.83. The number of hydrogen-bond acceptors (Lipinski definition) is 6. The standard InChI is InChI=1S/C12H11N5O/c18-7-11-16-10-5-14-8-15-12(10)17(11)6-9-1-3-13-4-2-9/h1-5,7-8,11,16H,6H2. The first-order chi connectivity index (χ1) is 8.88. The highest BCUT2D eigenvalue weighted by atomic mass is 16.1. The Morgan fingerprint density at radius 2 is 2.17 bits per heavy atom. The fourth-order valence-corrected chi connectivity index (χ4v) is 1.99. The van der Waals surface area contributed by atoms with Crippen LogP contribution in [0.3, 0.4) is 0 Å². The van der Waals surface area contributed by atoms with Gasteiger partial charge in [0, 0.05) is 18.9 Å². The van der Waals surface area contributed by atoms with Crippen LogP contribution in [0.25, 0.3) is 0 Å². The Balaban J connectivity index is 1.92. The number of carbonyl (C=O) groups is 1. The average molecular weight is 241 g/mol. The van der Waals surface area contributed by atoms with Crippen LogP contribution in [-0.2, 0) is 11.3 Å². The molecule has 0 aliphatic carbocycles. The van der Waals surface area contributed by atoms with Crippen LogP contribution in [-0.4, -0.2) is 27.4 Å². The van der Waals surface area contributed by atoms with E-state index in [1.807, 2.05) is 17.0 Å². The number of carbonyl (C=O) groups excluding carboxylic acids is 1. The molecule has 1 atom stereocenters. The highest BCUT2D eigenvalue weighted by molar-refractivity contribution is 5.81. The van der Waals surface area contributed by atoms with E-state index in [1.54, 1.807) is 18.6 Å². The Morgan fingerprint density at radius 1 is 1.33 bits per heavy atom. The minimum absolute atomic E-state index is 0.398. The summed E-state index contributed by atoms with van der Waals surface area (Å²) in [6.45, 7) is 0.600. The van der Waals surface area contributed by atoms with Crippen LogP contribution in [0.5, 0.6) is 0 Å². The molecule has 0 saturated heterocycles. The van der Waals surface area contributed by atoms with Gasteiger partial charge < -0.3 is 10.2 Å². The summed E-state index contributed by atoms with van der Waals surface area (Å²) in [5.41, 5.74) is 1.86. The molecule has 0 fully saturated rings. The Morgan fingerprint density at radius 3 is 2.94 bits per heavy atom. The zero-order valence-electron chi connectivity index (χ0n) is 9.52. The number of anilines is 2. The summed E-state index contributed by atoms with van der Waals surface area (Å²) in [5.74, 6) is 0.749. The van der Waals surface area contributed by atoms with E-state index >= 15 is 0 Å². The molecule has 1 aliphatic heterocycles. The van der Waals surface area contributed by atoms with E-state index < -0.39 is 6.17 Å². The normalized spacial score (nSPS) is 17.1. The molecule has 0 saturated carbocycles. The van der Waals surface area contributed by atoms with Crippen LogP contribution in [0.2, 0.25) is 0 Å². The van der Waals surface area contributed by atoms with Gasteiger partial charge in [-0.25, -0.2) is 9.97 Å². The second-order valence-electron chi connectivity index (χ2n) is 3.97. The third-order valence-electron chi connectivity index (χ3n) is 2.83. The monoisotopic (exact) mass is 241 g/mol. The predicted molar refractivity (Wildman–Crippen MR) is 65.9 cm³/mol. The first-order valence-electron chi connectivity index (χ1n) is 5.56.